The van der Waals surface area contributed by atoms with Crippen molar-refractivity contribution in [1.82, 2.24) is 9.55 Å². The van der Waals surface area contributed by atoms with Crippen molar-refractivity contribution < 1.29 is 9.47 Å². The number of para-hydroxylation sites is 1. The zero-order valence-electron chi connectivity index (χ0n) is 25.4. The van der Waals surface area contributed by atoms with E-state index in [2.05, 4.69) is 102 Å². The van der Waals surface area contributed by atoms with Gasteiger partial charge in [0, 0.05) is 16.3 Å². The van der Waals surface area contributed by atoms with Crippen LogP contribution in [0.5, 0.6) is 11.5 Å². The van der Waals surface area contributed by atoms with Gasteiger partial charge in [0.15, 0.2) is 0 Å². The van der Waals surface area contributed by atoms with E-state index in [4.69, 9.17) is 37.7 Å². The van der Waals surface area contributed by atoms with Crippen molar-refractivity contribution in [3.8, 4) is 11.5 Å². The molecule has 1 aliphatic carbocycles. The maximum atomic E-state index is 6.36. The van der Waals surface area contributed by atoms with Gasteiger partial charge in [0.2, 0.25) is 0 Å². The highest BCUT2D eigenvalue weighted by Gasteiger charge is 2.41. The van der Waals surface area contributed by atoms with Crippen molar-refractivity contribution >= 4 is 23.2 Å². The Kier molecular flexibility index (Phi) is 8.94. The summed E-state index contributed by atoms with van der Waals surface area (Å²) in [5.74, 6) is 1.65. The summed E-state index contributed by atoms with van der Waals surface area (Å²) in [7, 11) is 0. The Balaban J connectivity index is 1.13. The number of hydrogen-bond donors (Lipinski definition) is 0. The minimum absolute atomic E-state index is 0.370. The van der Waals surface area contributed by atoms with Gasteiger partial charge in [-0.15, -0.1) is 0 Å². The second kappa shape index (κ2) is 13.6. The third-order valence-electron chi connectivity index (χ3n) is 8.86. The lowest BCUT2D eigenvalue weighted by molar-refractivity contribution is 0.0806. The average Bonchev–Trinajstić information content (AvgIpc) is 3.52. The van der Waals surface area contributed by atoms with Crippen LogP contribution in [0.1, 0.15) is 40.1 Å². The first-order valence-electron chi connectivity index (χ1n) is 15.6. The van der Waals surface area contributed by atoms with E-state index in [0.29, 0.717) is 34.9 Å². The molecule has 0 radical (unpaired) electrons. The van der Waals surface area contributed by atoms with Crippen LogP contribution in [-0.2, 0) is 29.7 Å². The number of ether oxygens (including phenoxy) is 2. The lowest BCUT2D eigenvalue weighted by Crippen LogP contribution is -2.39. The zero-order valence-corrected chi connectivity index (χ0v) is 26.9. The molecule has 0 N–H and O–H groups in total. The van der Waals surface area contributed by atoms with Crippen LogP contribution in [0.3, 0.4) is 0 Å². The van der Waals surface area contributed by atoms with Crippen LogP contribution in [0.4, 0.5) is 0 Å². The van der Waals surface area contributed by atoms with Crippen LogP contribution >= 0.6 is 23.2 Å². The van der Waals surface area contributed by atoms with E-state index in [1.54, 1.807) is 18.2 Å². The van der Waals surface area contributed by atoms with E-state index in [1.165, 1.54) is 22.4 Å². The smallest absolute Gasteiger partial charge is 0.146 e. The van der Waals surface area contributed by atoms with Gasteiger partial charge < -0.3 is 14.0 Å². The molecule has 230 valence electrons. The largest absolute Gasteiger partial charge is 0.455 e. The number of benzene rings is 5. The average molecular weight is 646 g/mol. The molecule has 0 bridgehead atoms. The Morgan fingerprint density at radius 3 is 1.96 bits per heavy atom. The van der Waals surface area contributed by atoms with E-state index in [-0.39, 0.29) is 0 Å². The summed E-state index contributed by atoms with van der Waals surface area (Å²) in [6, 6.07) is 45.5. The first-order valence-corrected chi connectivity index (χ1v) is 16.4. The van der Waals surface area contributed by atoms with Crippen molar-refractivity contribution in [3.63, 3.8) is 0 Å². The molecule has 6 heteroatoms. The monoisotopic (exact) mass is 644 g/mol. The second-order valence-corrected chi connectivity index (χ2v) is 12.6. The molecule has 1 heterocycles. The summed E-state index contributed by atoms with van der Waals surface area (Å²) >= 11 is 12.4. The van der Waals surface area contributed by atoms with Gasteiger partial charge in [-0.25, -0.2) is 4.98 Å². The first kappa shape index (κ1) is 30.3. The number of hydrogen-bond acceptors (Lipinski definition) is 3. The van der Waals surface area contributed by atoms with E-state index in [9.17, 15) is 0 Å². The van der Waals surface area contributed by atoms with Crippen molar-refractivity contribution in [2.45, 2.75) is 31.4 Å². The van der Waals surface area contributed by atoms with Gasteiger partial charge in [0.25, 0.3) is 0 Å². The molecule has 7 rings (SSSR count). The SMILES string of the molecule is Clc1ccc(Oc2ccccc2COCC2CCc3c(ncn3C(c3ccccc3)(c3ccccc3)c3ccccc3)C2)c(Cl)c1. The molecule has 0 saturated heterocycles. The Hall–Kier alpha value is -4.35. The summed E-state index contributed by atoms with van der Waals surface area (Å²) in [5, 5.41) is 1.04. The van der Waals surface area contributed by atoms with Crippen LogP contribution in [0.15, 0.2) is 140 Å². The number of fused-ring (bicyclic) bond motifs is 1. The molecule has 4 nitrogen and oxygen atoms in total. The van der Waals surface area contributed by atoms with Gasteiger partial charge in [-0.1, -0.05) is 132 Å². The maximum absolute atomic E-state index is 6.36. The minimum Gasteiger partial charge on any atom is -0.455 e. The van der Waals surface area contributed by atoms with Gasteiger partial charge in [-0.3, -0.25) is 0 Å². The van der Waals surface area contributed by atoms with Gasteiger partial charge in [0.05, 0.1) is 30.3 Å². The Morgan fingerprint density at radius 2 is 1.33 bits per heavy atom. The highest BCUT2D eigenvalue weighted by molar-refractivity contribution is 6.35. The summed E-state index contributed by atoms with van der Waals surface area (Å²) in [4.78, 5) is 5.06. The molecule has 0 aliphatic heterocycles. The van der Waals surface area contributed by atoms with E-state index < -0.39 is 5.54 Å². The second-order valence-electron chi connectivity index (χ2n) is 11.7. The molecule has 0 amide bonds. The number of aromatic nitrogens is 2. The van der Waals surface area contributed by atoms with Gasteiger partial charge in [0.1, 0.15) is 17.0 Å². The van der Waals surface area contributed by atoms with Crippen molar-refractivity contribution in [2.24, 2.45) is 5.92 Å². The maximum Gasteiger partial charge on any atom is 0.146 e. The molecule has 0 saturated carbocycles. The summed E-state index contributed by atoms with van der Waals surface area (Å²) in [5.41, 5.74) is 6.47. The fraction of sp³-hybridized carbons (Fsp3) is 0.175. The van der Waals surface area contributed by atoms with E-state index in [0.717, 1.165) is 36.3 Å². The summed E-state index contributed by atoms with van der Waals surface area (Å²) in [6.45, 7) is 1.09. The lowest BCUT2D eigenvalue weighted by atomic mass is 9.76. The van der Waals surface area contributed by atoms with Gasteiger partial charge in [-0.2, -0.15) is 0 Å². The molecular formula is C40H34Cl2N2O2. The molecule has 1 aromatic heterocycles. The standard InChI is InChI=1S/C40H34Cl2N2O2/c41-34-21-23-39(35(42)25-34)46-38-19-11-10-12-30(38)27-45-26-29-20-22-37-36(24-29)43-28-44(37)40(31-13-4-1-5-14-31,32-15-6-2-7-16-32)33-17-8-3-9-18-33/h1-19,21,23,25,28-29H,20,22,24,26-27H2. The number of halogens is 2. The Labute approximate surface area is 280 Å². The molecular weight excluding hydrogens is 611 g/mol. The molecule has 1 aliphatic rings. The minimum atomic E-state index is -0.551. The number of imidazole rings is 1. The number of nitrogens with zero attached hydrogens (tertiary/aromatic N) is 2. The summed E-state index contributed by atoms with van der Waals surface area (Å²) in [6.07, 6.45) is 4.86. The predicted molar refractivity (Wildman–Crippen MR) is 185 cm³/mol. The van der Waals surface area contributed by atoms with Crippen LogP contribution in [0.2, 0.25) is 10.0 Å². The molecule has 46 heavy (non-hydrogen) atoms. The van der Waals surface area contributed by atoms with Crippen LogP contribution < -0.4 is 4.74 Å². The first-order chi connectivity index (χ1) is 22.6. The van der Waals surface area contributed by atoms with Crippen molar-refractivity contribution in [2.75, 3.05) is 6.61 Å². The van der Waals surface area contributed by atoms with Crippen LogP contribution in [0, 0.1) is 5.92 Å². The highest BCUT2D eigenvalue weighted by atomic mass is 35.5. The van der Waals surface area contributed by atoms with Gasteiger partial charge in [-0.05, 0) is 66.1 Å². The normalized spacial score (nSPS) is 14.5. The van der Waals surface area contributed by atoms with Crippen molar-refractivity contribution in [1.29, 1.82) is 0 Å². The third-order valence-corrected chi connectivity index (χ3v) is 9.39. The van der Waals surface area contributed by atoms with Crippen LogP contribution in [-0.4, -0.2) is 16.2 Å². The summed E-state index contributed by atoms with van der Waals surface area (Å²) < 4.78 is 14.9. The fourth-order valence-corrected chi connectivity index (χ4v) is 7.13. The zero-order chi connectivity index (χ0) is 31.3. The fourth-order valence-electron chi connectivity index (χ4n) is 6.68. The Bertz CT molecular complexity index is 1810. The topological polar surface area (TPSA) is 36.3 Å². The van der Waals surface area contributed by atoms with Crippen LogP contribution in [0.25, 0.3) is 0 Å². The van der Waals surface area contributed by atoms with E-state index in [1.807, 2.05) is 24.3 Å². The third kappa shape index (κ3) is 5.96. The highest BCUT2D eigenvalue weighted by Crippen LogP contribution is 2.43. The molecule has 1 unspecified atom stereocenters. The molecule has 6 aromatic rings. The Morgan fingerprint density at radius 1 is 0.717 bits per heavy atom. The van der Waals surface area contributed by atoms with E-state index >= 15 is 0 Å². The molecule has 0 fully saturated rings. The quantitative estimate of drug-likeness (QED) is 0.139. The predicted octanol–water partition coefficient (Wildman–Crippen LogP) is 10.1. The van der Waals surface area contributed by atoms with Crippen molar-refractivity contribution in [3.05, 3.63) is 183 Å². The molecule has 1 atom stereocenters. The molecule has 0 spiro atoms. The lowest BCUT2D eigenvalue weighted by Gasteiger charge is -2.39. The number of rotatable bonds is 10. The molecule has 5 aromatic carbocycles. The van der Waals surface area contributed by atoms with Gasteiger partial charge >= 0.3 is 0 Å².